The fourth-order valence-corrected chi connectivity index (χ4v) is 2.08. The molecule has 26 heavy (non-hydrogen) atoms. The summed E-state index contributed by atoms with van der Waals surface area (Å²) >= 11 is 5.83. The van der Waals surface area contributed by atoms with Crippen LogP contribution in [0, 0.1) is 0 Å². The molecule has 0 aliphatic rings. The first kappa shape index (κ1) is 19.7. The van der Waals surface area contributed by atoms with Gasteiger partial charge in [-0.2, -0.15) is 0 Å². The maximum absolute atomic E-state index is 12.3. The van der Waals surface area contributed by atoms with Gasteiger partial charge in [-0.1, -0.05) is 11.6 Å². The summed E-state index contributed by atoms with van der Waals surface area (Å²) in [5.74, 6) is -0.609. The van der Waals surface area contributed by atoms with Crippen molar-refractivity contribution in [3.8, 4) is 5.75 Å². The summed E-state index contributed by atoms with van der Waals surface area (Å²) in [7, 11) is 0. The Morgan fingerprint density at radius 1 is 1.19 bits per heavy atom. The van der Waals surface area contributed by atoms with Crippen LogP contribution in [0.1, 0.15) is 31.1 Å². The first-order valence-electron chi connectivity index (χ1n) is 8.01. The van der Waals surface area contributed by atoms with Gasteiger partial charge in [0.05, 0.1) is 5.56 Å². The molecule has 0 fully saturated rings. The Kier molecular flexibility index (Phi) is 6.58. The maximum Gasteiger partial charge on any atom is 0.350 e. The van der Waals surface area contributed by atoms with E-state index in [2.05, 4.69) is 4.98 Å². The monoisotopic (exact) mass is 377 g/mol. The number of nitrogens with zero attached hydrogens (tertiary/aromatic N) is 1. The molecule has 0 saturated carbocycles. The lowest BCUT2D eigenvalue weighted by Gasteiger charge is -2.26. The van der Waals surface area contributed by atoms with E-state index in [1.165, 1.54) is 6.20 Å². The van der Waals surface area contributed by atoms with Crippen molar-refractivity contribution in [2.45, 2.75) is 32.5 Å². The summed E-state index contributed by atoms with van der Waals surface area (Å²) in [6.45, 7) is 4.75. The quantitative estimate of drug-likeness (QED) is 0.685. The number of aromatic nitrogens is 1. The van der Waals surface area contributed by atoms with Gasteiger partial charge in [0.1, 0.15) is 18.5 Å². The van der Waals surface area contributed by atoms with Crippen LogP contribution in [-0.2, 0) is 14.3 Å². The average Bonchev–Trinajstić information content (AvgIpc) is 2.62. The van der Waals surface area contributed by atoms with E-state index in [1.807, 2.05) is 0 Å². The fourth-order valence-electron chi connectivity index (χ4n) is 1.96. The normalized spacial score (nSPS) is 12.2. The highest BCUT2D eigenvalue weighted by molar-refractivity contribution is 6.30. The summed E-state index contributed by atoms with van der Waals surface area (Å²) in [6, 6.07) is 9.89. The van der Waals surface area contributed by atoms with E-state index in [1.54, 1.807) is 63.4 Å². The van der Waals surface area contributed by atoms with Gasteiger partial charge in [0.25, 0.3) is 0 Å². The smallest absolute Gasteiger partial charge is 0.350 e. The highest BCUT2D eigenvalue weighted by atomic mass is 35.5. The third-order valence-corrected chi connectivity index (χ3v) is 3.58. The van der Waals surface area contributed by atoms with Crippen LogP contribution in [0.15, 0.2) is 48.8 Å². The molecule has 0 saturated heterocycles. The topological polar surface area (TPSA) is 74.7 Å². The molecule has 1 heterocycles. The van der Waals surface area contributed by atoms with Gasteiger partial charge in [0.2, 0.25) is 0 Å². The Hall–Kier alpha value is -2.60. The predicted octanol–water partition coefficient (Wildman–Crippen LogP) is 3.68. The van der Waals surface area contributed by atoms with E-state index >= 15 is 0 Å². The zero-order valence-electron chi connectivity index (χ0n) is 14.8. The molecule has 1 atom stereocenters. The van der Waals surface area contributed by atoms with E-state index in [0.717, 1.165) is 0 Å². The zero-order valence-corrected chi connectivity index (χ0v) is 15.5. The number of benzene rings is 1. The van der Waals surface area contributed by atoms with Gasteiger partial charge in [-0.25, -0.2) is 9.59 Å². The van der Waals surface area contributed by atoms with E-state index in [-0.39, 0.29) is 6.61 Å². The number of ether oxygens (including phenoxy) is 3. The zero-order chi connectivity index (χ0) is 19.2. The molecule has 1 unspecified atom stereocenters. The minimum atomic E-state index is -1.21. The first-order chi connectivity index (χ1) is 12.3. The number of carbonyl (C=O) groups excluding carboxylic acids is 2. The van der Waals surface area contributed by atoms with Crippen LogP contribution in [0.3, 0.4) is 0 Å². The molecular weight excluding hydrogens is 358 g/mol. The molecule has 1 aromatic carbocycles. The van der Waals surface area contributed by atoms with Crippen molar-refractivity contribution in [2.75, 3.05) is 6.61 Å². The van der Waals surface area contributed by atoms with Crippen molar-refractivity contribution < 1.29 is 23.8 Å². The molecule has 6 nitrogen and oxygen atoms in total. The number of pyridine rings is 1. The van der Waals surface area contributed by atoms with Crippen molar-refractivity contribution in [1.82, 2.24) is 4.98 Å². The van der Waals surface area contributed by atoms with Crippen LogP contribution in [0.4, 0.5) is 0 Å². The molecule has 0 N–H and O–H groups in total. The molecule has 2 rings (SSSR count). The molecule has 138 valence electrons. The molecule has 0 bridgehead atoms. The molecule has 7 heteroatoms. The summed E-state index contributed by atoms with van der Waals surface area (Å²) in [6.07, 6.45) is 2.34. The van der Waals surface area contributed by atoms with Crippen molar-refractivity contribution in [3.05, 3.63) is 59.4 Å². The van der Waals surface area contributed by atoms with Crippen LogP contribution in [0.25, 0.3) is 0 Å². The van der Waals surface area contributed by atoms with Crippen LogP contribution < -0.4 is 4.74 Å². The number of hydrogen-bond acceptors (Lipinski definition) is 6. The molecule has 0 aliphatic carbocycles. The number of carbonyl (C=O) groups is 2. The van der Waals surface area contributed by atoms with E-state index in [9.17, 15) is 9.59 Å². The maximum atomic E-state index is 12.3. The SMILES string of the molecule is CC(COC(=O)c1cccnc1)OC(=O)C(C)(C)Oc1ccc(Cl)cc1. The average molecular weight is 378 g/mol. The summed E-state index contributed by atoms with van der Waals surface area (Å²) in [5.41, 5.74) is -0.882. The third-order valence-electron chi connectivity index (χ3n) is 3.33. The van der Waals surface area contributed by atoms with Crippen LogP contribution in [-0.4, -0.2) is 35.2 Å². The van der Waals surface area contributed by atoms with E-state index < -0.39 is 23.6 Å². The van der Waals surface area contributed by atoms with Crippen molar-refractivity contribution in [3.63, 3.8) is 0 Å². The van der Waals surface area contributed by atoms with Gasteiger partial charge in [-0.3, -0.25) is 4.98 Å². The Labute approximate surface area is 157 Å². The van der Waals surface area contributed by atoms with Crippen molar-refractivity contribution in [2.24, 2.45) is 0 Å². The van der Waals surface area contributed by atoms with Gasteiger partial charge in [-0.15, -0.1) is 0 Å². The van der Waals surface area contributed by atoms with Gasteiger partial charge in [-0.05, 0) is 57.2 Å². The number of esters is 2. The lowest BCUT2D eigenvalue weighted by Crippen LogP contribution is -2.42. The second kappa shape index (κ2) is 8.67. The van der Waals surface area contributed by atoms with Gasteiger partial charge >= 0.3 is 11.9 Å². The second-order valence-corrected chi connectivity index (χ2v) is 6.56. The van der Waals surface area contributed by atoms with Crippen LogP contribution >= 0.6 is 11.6 Å². The Balaban J connectivity index is 1.85. The first-order valence-corrected chi connectivity index (χ1v) is 8.38. The van der Waals surface area contributed by atoms with E-state index in [4.69, 9.17) is 25.8 Å². The number of rotatable bonds is 7. The summed E-state index contributed by atoms with van der Waals surface area (Å²) < 4.78 is 16.1. The number of hydrogen-bond donors (Lipinski definition) is 0. The second-order valence-electron chi connectivity index (χ2n) is 6.12. The highest BCUT2D eigenvalue weighted by Crippen LogP contribution is 2.22. The van der Waals surface area contributed by atoms with Gasteiger partial charge < -0.3 is 14.2 Å². The molecule has 1 aromatic heterocycles. The Bertz CT molecular complexity index is 746. The third kappa shape index (κ3) is 5.74. The largest absolute Gasteiger partial charge is 0.476 e. The highest BCUT2D eigenvalue weighted by Gasteiger charge is 2.33. The summed E-state index contributed by atoms with van der Waals surface area (Å²) in [5, 5.41) is 0.571. The number of halogens is 1. The standard InChI is InChI=1S/C19H20ClNO5/c1-13(12-24-17(22)14-5-4-10-21-11-14)25-18(23)19(2,3)26-16-8-6-15(20)7-9-16/h4-11,13H,12H2,1-3H3. The molecule has 2 aromatic rings. The Morgan fingerprint density at radius 3 is 2.50 bits per heavy atom. The minimum absolute atomic E-state index is 0.0729. The Morgan fingerprint density at radius 2 is 1.88 bits per heavy atom. The summed E-state index contributed by atoms with van der Waals surface area (Å²) in [4.78, 5) is 28.0. The van der Waals surface area contributed by atoms with Gasteiger partial charge in [0, 0.05) is 17.4 Å². The lowest BCUT2D eigenvalue weighted by molar-refractivity contribution is -0.166. The minimum Gasteiger partial charge on any atom is -0.476 e. The fraction of sp³-hybridized carbons (Fsp3) is 0.316. The molecular formula is C19H20ClNO5. The van der Waals surface area contributed by atoms with Crippen molar-refractivity contribution >= 4 is 23.5 Å². The molecule has 0 spiro atoms. The molecule has 0 radical (unpaired) electrons. The van der Waals surface area contributed by atoms with Crippen LogP contribution in [0.2, 0.25) is 5.02 Å². The molecule has 0 amide bonds. The van der Waals surface area contributed by atoms with Crippen molar-refractivity contribution in [1.29, 1.82) is 0 Å². The van der Waals surface area contributed by atoms with Crippen LogP contribution in [0.5, 0.6) is 5.75 Å². The van der Waals surface area contributed by atoms with Gasteiger partial charge in [0.15, 0.2) is 5.60 Å². The lowest BCUT2D eigenvalue weighted by atomic mass is 10.1. The predicted molar refractivity (Wildman–Crippen MR) is 96.2 cm³/mol. The molecule has 0 aliphatic heterocycles. The van der Waals surface area contributed by atoms with E-state index in [0.29, 0.717) is 16.3 Å².